The smallest absolute Gasteiger partial charge is 0.305 e. The quantitative estimate of drug-likeness (QED) is 0.525. The van der Waals surface area contributed by atoms with Crippen LogP contribution < -0.4 is 0 Å². The van der Waals surface area contributed by atoms with E-state index in [1.807, 2.05) is 16.9 Å². The number of hydrogen-bond donors (Lipinski definition) is 0. The first kappa shape index (κ1) is 16.3. The summed E-state index contributed by atoms with van der Waals surface area (Å²) in [5.74, 6) is -0.0932. The third kappa shape index (κ3) is 6.12. The Labute approximate surface area is 132 Å². The van der Waals surface area contributed by atoms with Crippen molar-refractivity contribution in [3.63, 3.8) is 0 Å². The Morgan fingerprint density at radius 2 is 2.00 bits per heavy atom. The van der Waals surface area contributed by atoms with Crippen molar-refractivity contribution in [3.05, 3.63) is 53.9 Å². The van der Waals surface area contributed by atoms with Crippen LogP contribution in [-0.2, 0) is 22.5 Å². The fraction of sp³-hybridized carbons (Fsp3) is 0.444. The first-order valence-electron chi connectivity index (χ1n) is 7.92. The summed E-state index contributed by atoms with van der Waals surface area (Å²) in [6.45, 7) is 3.34. The lowest BCUT2D eigenvalue weighted by Crippen LogP contribution is -2.08. The van der Waals surface area contributed by atoms with Gasteiger partial charge in [-0.2, -0.15) is 5.10 Å². The van der Waals surface area contributed by atoms with Gasteiger partial charge in [-0.05, 0) is 37.8 Å². The van der Waals surface area contributed by atoms with Crippen LogP contribution in [-0.4, -0.2) is 22.4 Å². The molecule has 0 atom stereocenters. The second-order valence-electron chi connectivity index (χ2n) is 5.54. The Hall–Kier alpha value is -2.10. The fourth-order valence-corrected chi connectivity index (χ4v) is 2.27. The van der Waals surface area contributed by atoms with E-state index in [0.29, 0.717) is 13.0 Å². The summed E-state index contributed by atoms with van der Waals surface area (Å²) in [6, 6.07) is 10.5. The number of rotatable bonds is 9. The molecule has 1 aromatic carbocycles. The molecule has 2 aromatic rings. The standard InChI is InChI=1S/C18H24N2O2/c1-16-8-10-17(11-9-16)6-2-3-7-18(21)22-15-5-14-20-13-4-12-19-20/h4,8-13H,2-3,5-7,14-15H2,1H3. The first-order valence-corrected chi connectivity index (χ1v) is 7.92. The van der Waals surface area contributed by atoms with Gasteiger partial charge in [0.2, 0.25) is 0 Å². The van der Waals surface area contributed by atoms with Crippen LogP contribution in [0.5, 0.6) is 0 Å². The van der Waals surface area contributed by atoms with Crippen LogP contribution in [0.3, 0.4) is 0 Å². The van der Waals surface area contributed by atoms with Crippen molar-refractivity contribution in [1.29, 1.82) is 0 Å². The molecule has 1 aromatic heterocycles. The molecule has 2 rings (SSSR count). The van der Waals surface area contributed by atoms with E-state index in [1.54, 1.807) is 6.20 Å². The van der Waals surface area contributed by atoms with Gasteiger partial charge in [-0.15, -0.1) is 0 Å². The number of aromatic nitrogens is 2. The molecule has 0 radical (unpaired) electrons. The van der Waals surface area contributed by atoms with Gasteiger partial charge < -0.3 is 4.74 Å². The highest BCUT2D eigenvalue weighted by atomic mass is 16.5. The van der Waals surface area contributed by atoms with E-state index in [1.165, 1.54) is 11.1 Å². The number of esters is 1. The predicted molar refractivity (Wildman–Crippen MR) is 86.5 cm³/mol. The lowest BCUT2D eigenvalue weighted by molar-refractivity contribution is -0.143. The molecule has 4 nitrogen and oxygen atoms in total. The minimum atomic E-state index is -0.0932. The lowest BCUT2D eigenvalue weighted by atomic mass is 10.1. The monoisotopic (exact) mass is 300 g/mol. The zero-order valence-corrected chi connectivity index (χ0v) is 13.2. The van der Waals surface area contributed by atoms with Crippen LogP contribution in [0.15, 0.2) is 42.7 Å². The molecule has 0 amide bonds. The van der Waals surface area contributed by atoms with Gasteiger partial charge >= 0.3 is 5.97 Å². The van der Waals surface area contributed by atoms with Gasteiger partial charge in [0.1, 0.15) is 0 Å². The van der Waals surface area contributed by atoms with Crippen LogP contribution in [0.25, 0.3) is 0 Å². The molecule has 0 bridgehead atoms. The zero-order valence-electron chi connectivity index (χ0n) is 13.2. The molecule has 0 aliphatic heterocycles. The Kier molecular flexibility index (Phi) is 6.68. The van der Waals surface area contributed by atoms with E-state index in [0.717, 1.165) is 32.2 Å². The SMILES string of the molecule is Cc1ccc(CCCCC(=O)OCCCn2cccn2)cc1. The van der Waals surface area contributed by atoms with E-state index in [-0.39, 0.29) is 5.97 Å². The summed E-state index contributed by atoms with van der Waals surface area (Å²) in [5, 5.41) is 4.10. The van der Waals surface area contributed by atoms with Gasteiger partial charge in [-0.3, -0.25) is 9.48 Å². The van der Waals surface area contributed by atoms with Gasteiger partial charge in [-0.1, -0.05) is 29.8 Å². The van der Waals surface area contributed by atoms with Crippen molar-refractivity contribution in [2.24, 2.45) is 0 Å². The number of aryl methyl sites for hydroxylation is 3. The number of benzene rings is 1. The average molecular weight is 300 g/mol. The van der Waals surface area contributed by atoms with E-state index < -0.39 is 0 Å². The second-order valence-corrected chi connectivity index (χ2v) is 5.54. The maximum atomic E-state index is 11.6. The van der Waals surface area contributed by atoms with Crippen molar-refractivity contribution < 1.29 is 9.53 Å². The third-order valence-electron chi connectivity index (χ3n) is 3.57. The minimum Gasteiger partial charge on any atom is -0.466 e. The molecule has 0 unspecified atom stereocenters. The summed E-state index contributed by atoms with van der Waals surface area (Å²) < 4.78 is 7.07. The van der Waals surface area contributed by atoms with Crippen molar-refractivity contribution in [1.82, 2.24) is 9.78 Å². The Balaban J connectivity index is 1.49. The molecule has 0 N–H and O–H groups in total. The number of ether oxygens (including phenoxy) is 1. The van der Waals surface area contributed by atoms with Gasteiger partial charge in [0.25, 0.3) is 0 Å². The van der Waals surface area contributed by atoms with Gasteiger partial charge in [0.15, 0.2) is 0 Å². The van der Waals surface area contributed by atoms with Crippen LogP contribution in [0, 0.1) is 6.92 Å². The molecular weight excluding hydrogens is 276 g/mol. The molecule has 0 fully saturated rings. The largest absolute Gasteiger partial charge is 0.466 e. The average Bonchev–Trinajstić information content (AvgIpc) is 3.03. The summed E-state index contributed by atoms with van der Waals surface area (Å²) in [5.41, 5.74) is 2.61. The number of unbranched alkanes of at least 4 members (excludes halogenated alkanes) is 1. The van der Waals surface area contributed by atoms with Crippen LogP contribution >= 0.6 is 0 Å². The number of nitrogens with zero attached hydrogens (tertiary/aromatic N) is 2. The fourth-order valence-electron chi connectivity index (χ4n) is 2.27. The molecule has 0 aliphatic rings. The van der Waals surface area contributed by atoms with Gasteiger partial charge in [0.05, 0.1) is 6.61 Å². The third-order valence-corrected chi connectivity index (χ3v) is 3.57. The van der Waals surface area contributed by atoms with Crippen molar-refractivity contribution in [3.8, 4) is 0 Å². The molecule has 1 heterocycles. The highest BCUT2D eigenvalue weighted by Gasteiger charge is 2.03. The van der Waals surface area contributed by atoms with Crippen LogP contribution in [0.4, 0.5) is 0 Å². The van der Waals surface area contributed by atoms with Gasteiger partial charge in [0, 0.05) is 31.8 Å². The number of carbonyl (C=O) groups excluding carboxylic acids is 1. The summed E-state index contributed by atoms with van der Waals surface area (Å²) >= 11 is 0. The molecular formula is C18H24N2O2. The highest BCUT2D eigenvalue weighted by molar-refractivity contribution is 5.69. The Bertz CT molecular complexity index is 547. The summed E-state index contributed by atoms with van der Waals surface area (Å²) in [7, 11) is 0. The zero-order chi connectivity index (χ0) is 15.6. The van der Waals surface area contributed by atoms with Crippen LogP contribution in [0.1, 0.15) is 36.8 Å². The van der Waals surface area contributed by atoms with Crippen LogP contribution in [0.2, 0.25) is 0 Å². The molecule has 0 spiro atoms. The maximum absolute atomic E-state index is 11.6. The Morgan fingerprint density at radius 3 is 2.73 bits per heavy atom. The minimum absolute atomic E-state index is 0.0932. The van der Waals surface area contributed by atoms with Crippen molar-refractivity contribution in [2.75, 3.05) is 6.61 Å². The van der Waals surface area contributed by atoms with E-state index in [9.17, 15) is 4.79 Å². The van der Waals surface area contributed by atoms with E-state index >= 15 is 0 Å². The molecule has 4 heteroatoms. The predicted octanol–water partition coefficient (Wildman–Crippen LogP) is 3.54. The number of carbonyl (C=O) groups is 1. The molecule has 0 aliphatic carbocycles. The van der Waals surface area contributed by atoms with E-state index in [4.69, 9.17) is 4.74 Å². The molecule has 0 saturated heterocycles. The summed E-state index contributed by atoms with van der Waals surface area (Å²) in [6.07, 6.45) is 7.89. The molecule has 118 valence electrons. The number of hydrogen-bond acceptors (Lipinski definition) is 3. The molecule has 0 saturated carbocycles. The normalized spacial score (nSPS) is 10.6. The maximum Gasteiger partial charge on any atom is 0.305 e. The first-order chi connectivity index (χ1) is 10.7. The second kappa shape index (κ2) is 9.03. The topological polar surface area (TPSA) is 44.1 Å². The van der Waals surface area contributed by atoms with Crippen molar-refractivity contribution in [2.45, 2.75) is 45.6 Å². The van der Waals surface area contributed by atoms with Crippen molar-refractivity contribution >= 4 is 5.97 Å². The van der Waals surface area contributed by atoms with Gasteiger partial charge in [-0.25, -0.2) is 0 Å². The molecule has 22 heavy (non-hydrogen) atoms. The van der Waals surface area contributed by atoms with E-state index in [2.05, 4.69) is 36.3 Å². The summed E-state index contributed by atoms with van der Waals surface area (Å²) in [4.78, 5) is 11.6. The highest BCUT2D eigenvalue weighted by Crippen LogP contribution is 2.08. The lowest BCUT2D eigenvalue weighted by Gasteiger charge is -2.05. The Morgan fingerprint density at radius 1 is 1.18 bits per heavy atom.